The Hall–Kier alpha value is -2.57. The first-order valence-electron chi connectivity index (χ1n) is 11.6. The molecule has 1 saturated heterocycles. The minimum absolute atomic E-state index is 0.0767. The molecule has 33 heavy (non-hydrogen) atoms. The molecule has 2 radical (unpaired) electrons. The number of allylic oxidation sites excluding steroid dienone is 1. The van der Waals surface area contributed by atoms with E-state index in [1.165, 1.54) is 5.56 Å². The van der Waals surface area contributed by atoms with Gasteiger partial charge in [0.25, 0.3) is 0 Å². The van der Waals surface area contributed by atoms with Crippen LogP contribution in [-0.4, -0.2) is 47.7 Å². The Labute approximate surface area is 198 Å². The molecule has 1 unspecified atom stereocenters. The van der Waals surface area contributed by atoms with Crippen LogP contribution in [0.25, 0.3) is 6.08 Å². The highest BCUT2D eigenvalue weighted by Crippen LogP contribution is 2.29. The molecule has 3 rings (SSSR count). The molecule has 174 valence electrons. The summed E-state index contributed by atoms with van der Waals surface area (Å²) in [6.07, 6.45) is 6.47. The molecule has 2 aromatic rings. The summed E-state index contributed by atoms with van der Waals surface area (Å²) < 4.78 is 21.9. The van der Waals surface area contributed by atoms with Gasteiger partial charge in [-0.2, -0.15) is 0 Å². The van der Waals surface area contributed by atoms with Crippen LogP contribution in [0.4, 0.5) is 0 Å². The van der Waals surface area contributed by atoms with Crippen LogP contribution in [0.3, 0.4) is 0 Å². The van der Waals surface area contributed by atoms with Crippen molar-refractivity contribution in [3.8, 4) is 11.5 Å². The molecule has 1 fully saturated rings. The summed E-state index contributed by atoms with van der Waals surface area (Å²) in [6.45, 7) is 4.03. The summed E-state index contributed by atoms with van der Waals surface area (Å²) in [7, 11) is 9.14. The number of methoxy groups -OCH3 is 2. The van der Waals surface area contributed by atoms with Gasteiger partial charge in [0.2, 0.25) is 0 Å². The van der Waals surface area contributed by atoms with Gasteiger partial charge in [-0.25, -0.2) is 0 Å². The first-order chi connectivity index (χ1) is 16.1. The molecular weight excluding hydrogens is 415 g/mol. The topological polar surface area (TPSA) is 54.0 Å². The molecule has 0 N–H and O–H groups in total. The number of hydrogen-bond donors (Lipinski definition) is 0. The van der Waals surface area contributed by atoms with Gasteiger partial charge in [0.15, 0.2) is 5.78 Å². The maximum absolute atomic E-state index is 12.9. The van der Waals surface area contributed by atoms with Gasteiger partial charge in [0.1, 0.15) is 25.4 Å². The monoisotopic (exact) mass is 448 g/mol. The maximum atomic E-state index is 12.9. The highest BCUT2D eigenvalue weighted by atomic mass is 16.5. The minimum atomic E-state index is -0.538. The third kappa shape index (κ3) is 6.72. The van der Waals surface area contributed by atoms with Gasteiger partial charge in [-0.15, -0.1) is 0 Å². The smallest absolute Gasteiger partial charge is 0.166 e. The van der Waals surface area contributed by atoms with Gasteiger partial charge in [0.05, 0.1) is 14.2 Å². The van der Waals surface area contributed by atoms with Gasteiger partial charge in [-0.3, -0.25) is 4.79 Å². The second-order valence-electron chi connectivity index (χ2n) is 8.14. The predicted molar refractivity (Wildman–Crippen MR) is 132 cm³/mol. The molecule has 0 amide bonds. The quantitative estimate of drug-likeness (QED) is 0.473. The van der Waals surface area contributed by atoms with Crippen LogP contribution in [0, 0.1) is 0 Å². The second-order valence-corrected chi connectivity index (χ2v) is 8.14. The van der Waals surface area contributed by atoms with E-state index in [4.69, 9.17) is 26.8 Å². The van der Waals surface area contributed by atoms with Crippen LogP contribution in [0.5, 0.6) is 11.5 Å². The van der Waals surface area contributed by atoms with Crippen molar-refractivity contribution in [3.63, 3.8) is 0 Å². The molecule has 0 aromatic heterocycles. The third-order valence-electron chi connectivity index (χ3n) is 5.99. The molecular formula is C27H33BO5. The highest BCUT2D eigenvalue weighted by Gasteiger charge is 2.21. The standard InChI is InChI=1S/C27H33BO5/c1-4-33-27(22-11-9-20(10-12-22)21-13-15-32-16-14-21)23(29)8-6-5-7-19-17-24(30-2)26(28)25(18-19)31-3/h5,7,9-12,17-18,21,27H,4,6,8,13-16H2,1-3H3/b7-5-. The zero-order valence-electron chi connectivity index (χ0n) is 19.8. The van der Waals surface area contributed by atoms with Crippen molar-refractivity contribution < 1.29 is 23.7 Å². The number of ketones is 1. The Bertz CT molecular complexity index is 907. The lowest BCUT2D eigenvalue weighted by Crippen LogP contribution is -2.17. The Morgan fingerprint density at radius 3 is 2.33 bits per heavy atom. The van der Waals surface area contributed by atoms with E-state index < -0.39 is 6.10 Å². The number of hydrogen-bond acceptors (Lipinski definition) is 5. The van der Waals surface area contributed by atoms with Gasteiger partial charge in [0, 0.05) is 26.2 Å². The summed E-state index contributed by atoms with van der Waals surface area (Å²) in [5.74, 6) is 1.73. The third-order valence-corrected chi connectivity index (χ3v) is 5.99. The lowest BCUT2D eigenvalue weighted by Gasteiger charge is -2.23. The Balaban J connectivity index is 1.61. The zero-order chi connectivity index (χ0) is 23.6. The van der Waals surface area contributed by atoms with E-state index in [1.807, 2.05) is 43.3 Å². The van der Waals surface area contributed by atoms with Gasteiger partial charge in [-0.1, -0.05) is 36.4 Å². The number of Topliss-reactive ketones (excluding diaryl/α,β-unsaturated/α-hetero) is 1. The first-order valence-corrected chi connectivity index (χ1v) is 11.6. The molecule has 5 nitrogen and oxygen atoms in total. The number of carbonyl (C=O) groups excluding carboxylic acids is 1. The van der Waals surface area contributed by atoms with Crippen molar-refractivity contribution in [3.05, 3.63) is 59.2 Å². The van der Waals surface area contributed by atoms with Crippen molar-refractivity contribution in [2.24, 2.45) is 0 Å². The van der Waals surface area contributed by atoms with Gasteiger partial charge in [-0.05, 0) is 66.4 Å². The highest BCUT2D eigenvalue weighted by molar-refractivity contribution is 6.36. The van der Waals surface area contributed by atoms with Crippen molar-refractivity contribution in [2.45, 2.75) is 44.6 Å². The second kappa shape index (κ2) is 12.6. The molecule has 1 heterocycles. The van der Waals surface area contributed by atoms with Gasteiger partial charge < -0.3 is 18.9 Å². The Kier molecular flexibility index (Phi) is 9.58. The normalized spacial score (nSPS) is 15.5. The van der Waals surface area contributed by atoms with Crippen LogP contribution in [0.2, 0.25) is 0 Å². The molecule has 0 aliphatic carbocycles. The average Bonchev–Trinajstić information content (AvgIpc) is 2.86. The number of benzene rings is 2. The number of carbonyl (C=O) groups is 1. The van der Waals surface area contributed by atoms with Crippen molar-refractivity contribution in [1.29, 1.82) is 0 Å². The van der Waals surface area contributed by atoms with Crippen LogP contribution in [0.1, 0.15) is 61.3 Å². The zero-order valence-corrected chi connectivity index (χ0v) is 19.8. The van der Waals surface area contributed by atoms with Crippen LogP contribution in [-0.2, 0) is 14.3 Å². The average molecular weight is 448 g/mol. The molecule has 1 aliphatic rings. The van der Waals surface area contributed by atoms with Crippen LogP contribution >= 0.6 is 0 Å². The maximum Gasteiger partial charge on any atom is 0.166 e. The molecule has 0 saturated carbocycles. The fraction of sp³-hybridized carbons (Fsp3) is 0.444. The Morgan fingerprint density at radius 2 is 1.76 bits per heavy atom. The summed E-state index contributed by atoms with van der Waals surface area (Å²) in [5, 5.41) is 0. The van der Waals surface area contributed by atoms with E-state index in [1.54, 1.807) is 14.2 Å². The van der Waals surface area contributed by atoms with Crippen molar-refractivity contribution in [2.75, 3.05) is 34.0 Å². The van der Waals surface area contributed by atoms with Crippen LogP contribution < -0.4 is 14.9 Å². The Morgan fingerprint density at radius 1 is 1.12 bits per heavy atom. The fourth-order valence-corrected chi connectivity index (χ4v) is 4.15. The molecule has 0 bridgehead atoms. The lowest BCUT2D eigenvalue weighted by atomic mass is 9.90. The van der Waals surface area contributed by atoms with E-state index in [9.17, 15) is 4.79 Å². The number of rotatable bonds is 11. The SMILES string of the molecule is [B]c1c(OC)cc(/C=C\CCC(=O)C(OCC)c2ccc(C3CCOCC3)cc2)cc1OC. The minimum Gasteiger partial charge on any atom is -0.497 e. The molecule has 1 atom stereocenters. The molecule has 6 heteroatoms. The molecule has 2 aromatic carbocycles. The van der Waals surface area contributed by atoms with Crippen molar-refractivity contribution in [1.82, 2.24) is 0 Å². The lowest BCUT2D eigenvalue weighted by molar-refractivity contribution is -0.130. The van der Waals surface area contributed by atoms with Crippen LogP contribution in [0.15, 0.2) is 42.5 Å². The number of ether oxygens (including phenoxy) is 4. The van der Waals surface area contributed by atoms with E-state index in [0.717, 1.165) is 37.2 Å². The fourth-order valence-electron chi connectivity index (χ4n) is 4.15. The predicted octanol–water partition coefficient (Wildman–Crippen LogP) is 4.53. The van der Waals surface area contributed by atoms with Gasteiger partial charge >= 0.3 is 0 Å². The summed E-state index contributed by atoms with van der Waals surface area (Å²) in [6, 6.07) is 12.0. The summed E-state index contributed by atoms with van der Waals surface area (Å²) >= 11 is 0. The van der Waals surface area contributed by atoms with E-state index in [-0.39, 0.29) is 5.78 Å². The van der Waals surface area contributed by atoms with E-state index in [0.29, 0.717) is 42.3 Å². The largest absolute Gasteiger partial charge is 0.497 e. The van der Waals surface area contributed by atoms with Crippen molar-refractivity contribution >= 4 is 25.2 Å². The summed E-state index contributed by atoms with van der Waals surface area (Å²) in [4.78, 5) is 12.9. The first kappa shape index (κ1) is 25.1. The molecule has 1 aliphatic heterocycles. The van der Waals surface area contributed by atoms with E-state index in [2.05, 4.69) is 12.1 Å². The molecule has 0 spiro atoms. The summed E-state index contributed by atoms with van der Waals surface area (Å²) in [5.41, 5.74) is 3.59. The van der Waals surface area contributed by atoms with E-state index >= 15 is 0 Å².